The van der Waals surface area contributed by atoms with Crippen LogP contribution in [0.4, 0.5) is 11.5 Å². The fourth-order valence-electron chi connectivity index (χ4n) is 2.41. The number of nitrogens with one attached hydrogen (secondary N) is 1. The Kier molecular flexibility index (Phi) is 3.89. The molecule has 1 aromatic heterocycles. The molecule has 0 aliphatic carbocycles. The van der Waals surface area contributed by atoms with E-state index in [1.807, 2.05) is 44.4 Å². The molecule has 1 heterocycles. The predicted octanol–water partition coefficient (Wildman–Crippen LogP) is 3.14. The van der Waals surface area contributed by atoms with Crippen LogP contribution in [0.25, 0.3) is 10.9 Å². The van der Waals surface area contributed by atoms with Crippen LogP contribution in [0.5, 0.6) is 5.75 Å². The van der Waals surface area contributed by atoms with Crippen molar-refractivity contribution in [2.45, 2.75) is 6.54 Å². The zero-order chi connectivity index (χ0) is 15.5. The first-order valence-corrected chi connectivity index (χ1v) is 7.07. The zero-order valence-corrected chi connectivity index (χ0v) is 12.6. The number of phenolic OH excluding ortho intramolecular Hbond substituents is 1. The number of anilines is 2. The van der Waals surface area contributed by atoms with E-state index >= 15 is 0 Å². The summed E-state index contributed by atoms with van der Waals surface area (Å²) in [6.07, 6.45) is 1.55. The van der Waals surface area contributed by atoms with Gasteiger partial charge in [-0.2, -0.15) is 0 Å². The highest BCUT2D eigenvalue weighted by Crippen LogP contribution is 2.27. The van der Waals surface area contributed by atoms with Gasteiger partial charge in [0.2, 0.25) is 0 Å². The van der Waals surface area contributed by atoms with Crippen LogP contribution in [-0.4, -0.2) is 34.1 Å². The van der Waals surface area contributed by atoms with Crippen LogP contribution in [0.3, 0.4) is 0 Å². The van der Waals surface area contributed by atoms with Gasteiger partial charge in [-0.1, -0.05) is 12.1 Å². The summed E-state index contributed by atoms with van der Waals surface area (Å²) >= 11 is 0. The van der Waals surface area contributed by atoms with E-state index in [2.05, 4.69) is 20.2 Å². The van der Waals surface area contributed by atoms with Crippen molar-refractivity contribution >= 4 is 22.4 Å². The Labute approximate surface area is 129 Å². The third-order valence-corrected chi connectivity index (χ3v) is 3.37. The fraction of sp³-hybridized carbons (Fsp3) is 0.176. The lowest BCUT2D eigenvalue weighted by atomic mass is 10.1. The molecule has 0 aliphatic heterocycles. The van der Waals surface area contributed by atoms with Crippen LogP contribution in [0, 0.1) is 0 Å². The number of fused-ring (bicyclic) bond motifs is 1. The van der Waals surface area contributed by atoms with E-state index in [4.69, 9.17) is 0 Å². The molecule has 0 aliphatic rings. The summed E-state index contributed by atoms with van der Waals surface area (Å²) in [4.78, 5) is 10.7. The molecule has 3 rings (SSSR count). The molecule has 5 heteroatoms. The Balaban J connectivity index is 2.01. The van der Waals surface area contributed by atoms with Crippen molar-refractivity contribution < 1.29 is 5.11 Å². The number of aromatic nitrogens is 2. The van der Waals surface area contributed by atoms with E-state index in [0.29, 0.717) is 0 Å². The maximum Gasteiger partial charge on any atom is 0.141 e. The minimum atomic E-state index is 0.259. The Hall–Kier alpha value is -2.66. The van der Waals surface area contributed by atoms with Crippen LogP contribution in [0.1, 0.15) is 5.56 Å². The zero-order valence-electron chi connectivity index (χ0n) is 12.6. The van der Waals surface area contributed by atoms with Crippen molar-refractivity contribution in [2.24, 2.45) is 0 Å². The standard InChI is InChI=1S/C17H18N4O/c1-21(2)10-12-9-13(22)7-8-15(12)20-17-14-5-3-4-6-16(14)18-11-19-17/h3-9,11,22H,10H2,1-2H3,(H,18,19,20). The Morgan fingerprint density at radius 2 is 1.91 bits per heavy atom. The molecule has 0 amide bonds. The summed E-state index contributed by atoms with van der Waals surface area (Å²) < 4.78 is 0. The summed E-state index contributed by atoms with van der Waals surface area (Å²) in [5.41, 5.74) is 2.83. The molecule has 0 bridgehead atoms. The molecule has 0 saturated carbocycles. The number of aromatic hydroxyl groups is 1. The summed E-state index contributed by atoms with van der Waals surface area (Å²) in [5.74, 6) is 1.02. The highest BCUT2D eigenvalue weighted by molar-refractivity contribution is 5.90. The van der Waals surface area contributed by atoms with Gasteiger partial charge in [0.05, 0.1) is 5.52 Å². The number of phenols is 1. The van der Waals surface area contributed by atoms with Gasteiger partial charge < -0.3 is 15.3 Å². The van der Waals surface area contributed by atoms with Crippen LogP contribution >= 0.6 is 0 Å². The first kappa shape index (κ1) is 14.3. The molecule has 3 aromatic rings. The van der Waals surface area contributed by atoms with Crippen molar-refractivity contribution in [1.82, 2.24) is 14.9 Å². The summed E-state index contributed by atoms with van der Waals surface area (Å²) in [6.45, 7) is 0.722. The smallest absolute Gasteiger partial charge is 0.141 e. The molecule has 0 fully saturated rings. The molecule has 5 nitrogen and oxygen atoms in total. The summed E-state index contributed by atoms with van der Waals surface area (Å²) in [5, 5.41) is 14.0. The van der Waals surface area contributed by atoms with Crippen molar-refractivity contribution in [3.63, 3.8) is 0 Å². The van der Waals surface area contributed by atoms with Crippen LogP contribution in [0.2, 0.25) is 0 Å². The molecule has 0 spiro atoms. The second-order valence-electron chi connectivity index (χ2n) is 5.44. The van der Waals surface area contributed by atoms with Gasteiger partial charge in [-0.05, 0) is 50.0 Å². The van der Waals surface area contributed by atoms with Gasteiger partial charge in [0.25, 0.3) is 0 Å². The average Bonchev–Trinajstić information content (AvgIpc) is 2.50. The average molecular weight is 294 g/mol. The Morgan fingerprint density at radius 1 is 1.09 bits per heavy atom. The Morgan fingerprint density at radius 3 is 2.73 bits per heavy atom. The SMILES string of the molecule is CN(C)Cc1cc(O)ccc1Nc1ncnc2ccccc12. The predicted molar refractivity (Wildman–Crippen MR) is 88.3 cm³/mol. The normalized spacial score (nSPS) is 11.0. The third kappa shape index (κ3) is 2.99. The van der Waals surface area contributed by atoms with Gasteiger partial charge in [-0.25, -0.2) is 9.97 Å². The molecule has 0 atom stereocenters. The third-order valence-electron chi connectivity index (χ3n) is 3.37. The quantitative estimate of drug-likeness (QED) is 0.724. The van der Waals surface area contributed by atoms with Crippen LogP contribution in [-0.2, 0) is 6.54 Å². The second-order valence-corrected chi connectivity index (χ2v) is 5.44. The molecule has 0 saturated heterocycles. The molecule has 2 aromatic carbocycles. The molecule has 112 valence electrons. The lowest BCUT2D eigenvalue weighted by molar-refractivity contribution is 0.401. The maximum absolute atomic E-state index is 9.72. The first-order valence-electron chi connectivity index (χ1n) is 7.07. The number of hydrogen-bond donors (Lipinski definition) is 2. The van der Waals surface area contributed by atoms with Gasteiger partial charge in [0.1, 0.15) is 17.9 Å². The van der Waals surface area contributed by atoms with Gasteiger partial charge in [-0.3, -0.25) is 0 Å². The fourth-order valence-corrected chi connectivity index (χ4v) is 2.41. The molecular weight excluding hydrogens is 276 g/mol. The topological polar surface area (TPSA) is 61.3 Å². The molecular formula is C17H18N4O. The first-order chi connectivity index (χ1) is 10.6. The summed E-state index contributed by atoms with van der Waals surface area (Å²) in [6, 6.07) is 13.2. The molecule has 22 heavy (non-hydrogen) atoms. The van der Waals surface area contributed by atoms with Crippen molar-refractivity contribution in [3.05, 3.63) is 54.4 Å². The monoisotopic (exact) mass is 294 g/mol. The highest BCUT2D eigenvalue weighted by atomic mass is 16.3. The highest BCUT2D eigenvalue weighted by Gasteiger charge is 2.08. The lowest BCUT2D eigenvalue weighted by Gasteiger charge is -2.16. The largest absolute Gasteiger partial charge is 0.508 e. The number of rotatable bonds is 4. The molecule has 0 radical (unpaired) electrons. The Bertz CT molecular complexity index is 796. The molecule has 0 unspecified atom stereocenters. The number of benzene rings is 2. The minimum Gasteiger partial charge on any atom is -0.508 e. The van der Waals surface area contributed by atoms with Crippen LogP contribution in [0.15, 0.2) is 48.8 Å². The van der Waals surface area contributed by atoms with Crippen molar-refractivity contribution in [3.8, 4) is 5.75 Å². The van der Waals surface area contributed by atoms with Gasteiger partial charge in [-0.15, -0.1) is 0 Å². The maximum atomic E-state index is 9.72. The van der Waals surface area contributed by atoms with Crippen molar-refractivity contribution in [1.29, 1.82) is 0 Å². The lowest BCUT2D eigenvalue weighted by Crippen LogP contribution is -2.12. The second kappa shape index (κ2) is 5.99. The number of nitrogens with zero attached hydrogens (tertiary/aromatic N) is 3. The van der Waals surface area contributed by atoms with Crippen LogP contribution < -0.4 is 5.32 Å². The van der Waals surface area contributed by atoms with E-state index in [1.54, 1.807) is 18.5 Å². The van der Waals surface area contributed by atoms with Crippen molar-refractivity contribution in [2.75, 3.05) is 19.4 Å². The number of para-hydroxylation sites is 1. The molecule has 2 N–H and O–H groups in total. The van der Waals surface area contributed by atoms with Gasteiger partial charge >= 0.3 is 0 Å². The number of hydrogen-bond acceptors (Lipinski definition) is 5. The van der Waals surface area contributed by atoms with E-state index in [9.17, 15) is 5.11 Å². The van der Waals surface area contributed by atoms with Gasteiger partial charge in [0, 0.05) is 17.6 Å². The van der Waals surface area contributed by atoms with E-state index in [1.165, 1.54) is 0 Å². The minimum absolute atomic E-state index is 0.259. The summed E-state index contributed by atoms with van der Waals surface area (Å²) in [7, 11) is 3.99. The van der Waals surface area contributed by atoms with E-state index < -0.39 is 0 Å². The van der Waals surface area contributed by atoms with E-state index in [0.717, 1.165) is 34.5 Å². The van der Waals surface area contributed by atoms with E-state index in [-0.39, 0.29) is 5.75 Å². The van der Waals surface area contributed by atoms with Gasteiger partial charge in [0.15, 0.2) is 0 Å².